The van der Waals surface area contributed by atoms with Gasteiger partial charge in [0.2, 0.25) is 11.8 Å². The van der Waals surface area contributed by atoms with Gasteiger partial charge in [-0.25, -0.2) is 0 Å². The van der Waals surface area contributed by atoms with Gasteiger partial charge >= 0.3 is 0 Å². The number of carbonyl (C=O) groups excluding carboxylic acids is 2. The predicted octanol–water partition coefficient (Wildman–Crippen LogP) is 3.43. The highest BCUT2D eigenvalue weighted by Gasteiger charge is 2.28. The van der Waals surface area contributed by atoms with Gasteiger partial charge in [0.25, 0.3) is 0 Å². The van der Waals surface area contributed by atoms with Crippen molar-refractivity contribution in [3.8, 4) is 5.75 Å². The molecule has 3 heterocycles. The zero-order valence-corrected chi connectivity index (χ0v) is 18.6. The van der Waals surface area contributed by atoms with E-state index in [2.05, 4.69) is 17.0 Å². The van der Waals surface area contributed by atoms with Gasteiger partial charge in [0.05, 0.1) is 6.54 Å². The van der Waals surface area contributed by atoms with E-state index in [1.807, 2.05) is 17.0 Å². The van der Waals surface area contributed by atoms with Crippen molar-refractivity contribution in [2.24, 2.45) is 5.92 Å². The summed E-state index contributed by atoms with van der Waals surface area (Å²) in [7, 11) is 0. The molecule has 4 rings (SSSR count). The fraction of sp³-hybridized carbons (Fsp3) is 0.680. The van der Waals surface area contributed by atoms with E-state index in [0.29, 0.717) is 51.8 Å². The van der Waals surface area contributed by atoms with Crippen LogP contribution in [0.1, 0.15) is 56.9 Å². The highest BCUT2D eigenvalue weighted by atomic mass is 16.5. The smallest absolute Gasteiger partial charge is 0.225 e. The molecule has 0 aromatic heterocycles. The Morgan fingerprint density at radius 2 is 1.77 bits per heavy atom. The third-order valence-corrected chi connectivity index (χ3v) is 6.94. The Kier molecular flexibility index (Phi) is 7.84. The number of nitrogens with zero attached hydrogens (tertiary/aromatic N) is 2. The number of aryl methyl sites for hydroxylation is 1. The van der Waals surface area contributed by atoms with Gasteiger partial charge in [-0.15, -0.1) is 0 Å². The van der Waals surface area contributed by atoms with Crippen LogP contribution in [-0.2, 0) is 20.7 Å². The van der Waals surface area contributed by atoms with E-state index in [4.69, 9.17) is 9.47 Å². The van der Waals surface area contributed by atoms with Crippen LogP contribution in [0.3, 0.4) is 0 Å². The summed E-state index contributed by atoms with van der Waals surface area (Å²) in [6, 6.07) is 8.61. The number of ether oxygens (including phenoxy) is 2. The van der Waals surface area contributed by atoms with Crippen LogP contribution in [0.4, 0.5) is 0 Å². The fourth-order valence-corrected chi connectivity index (χ4v) is 5.13. The van der Waals surface area contributed by atoms with E-state index in [1.54, 1.807) is 0 Å². The summed E-state index contributed by atoms with van der Waals surface area (Å²) in [5.74, 6) is 1.33. The number of amides is 2. The van der Waals surface area contributed by atoms with Crippen molar-refractivity contribution in [3.05, 3.63) is 29.8 Å². The molecule has 0 N–H and O–H groups in total. The minimum Gasteiger partial charge on any atom is -0.492 e. The van der Waals surface area contributed by atoms with Crippen LogP contribution in [0.15, 0.2) is 24.3 Å². The third-order valence-electron chi connectivity index (χ3n) is 6.94. The molecule has 0 aliphatic carbocycles. The normalized spacial score (nSPS) is 24.5. The average molecular weight is 429 g/mol. The van der Waals surface area contributed by atoms with Crippen molar-refractivity contribution in [3.63, 3.8) is 0 Å². The maximum absolute atomic E-state index is 13.2. The summed E-state index contributed by atoms with van der Waals surface area (Å²) in [5, 5.41) is 0. The molecule has 1 unspecified atom stereocenters. The first kappa shape index (κ1) is 22.1. The summed E-state index contributed by atoms with van der Waals surface area (Å²) in [6.07, 6.45) is 8.15. The quantitative estimate of drug-likeness (QED) is 0.688. The van der Waals surface area contributed by atoms with Crippen LogP contribution in [0.2, 0.25) is 0 Å². The molecule has 170 valence electrons. The second-order valence-corrected chi connectivity index (χ2v) is 9.09. The minimum atomic E-state index is 0.0290. The van der Waals surface area contributed by atoms with Crippen LogP contribution < -0.4 is 4.74 Å². The lowest BCUT2D eigenvalue weighted by Gasteiger charge is -2.36. The lowest BCUT2D eigenvalue weighted by atomic mass is 9.95. The molecule has 2 bridgehead atoms. The van der Waals surface area contributed by atoms with Crippen LogP contribution in [-0.4, -0.2) is 67.1 Å². The molecule has 1 atom stereocenters. The van der Waals surface area contributed by atoms with E-state index >= 15 is 0 Å². The first-order chi connectivity index (χ1) is 15.2. The Morgan fingerprint density at radius 3 is 2.65 bits per heavy atom. The SMILES string of the molecule is O=C(C1CCOCC1)N1CCCC(=O)N2CCCCC2CCc2cccc(c2)OCC1. The second kappa shape index (κ2) is 11.0. The molecule has 2 amide bonds. The molecular formula is C25H36N2O4. The van der Waals surface area contributed by atoms with E-state index in [9.17, 15) is 9.59 Å². The molecule has 6 nitrogen and oxygen atoms in total. The number of carbonyl (C=O) groups is 2. The molecule has 31 heavy (non-hydrogen) atoms. The lowest BCUT2D eigenvalue weighted by molar-refractivity contribution is -0.140. The Bertz CT molecular complexity index is 747. The maximum atomic E-state index is 13.2. The molecule has 0 radical (unpaired) electrons. The molecule has 3 aliphatic heterocycles. The summed E-state index contributed by atoms with van der Waals surface area (Å²) < 4.78 is 11.5. The first-order valence-corrected chi connectivity index (χ1v) is 12.1. The molecule has 2 saturated heterocycles. The van der Waals surface area contributed by atoms with Gasteiger partial charge in [-0.05, 0) is 69.1 Å². The molecule has 2 fully saturated rings. The van der Waals surface area contributed by atoms with Crippen molar-refractivity contribution in [2.75, 3.05) is 39.5 Å². The van der Waals surface area contributed by atoms with Gasteiger partial charge in [-0.2, -0.15) is 0 Å². The fourth-order valence-electron chi connectivity index (χ4n) is 5.13. The molecular weight excluding hydrogens is 392 g/mol. The van der Waals surface area contributed by atoms with Crippen molar-refractivity contribution < 1.29 is 19.1 Å². The number of hydrogen-bond acceptors (Lipinski definition) is 4. The molecule has 3 aliphatic rings. The number of hydrogen-bond donors (Lipinski definition) is 0. The molecule has 0 saturated carbocycles. The Morgan fingerprint density at radius 1 is 0.903 bits per heavy atom. The maximum Gasteiger partial charge on any atom is 0.225 e. The third kappa shape index (κ3) is 6.00. The first-order valence-electron chi connectivity index (χ1n) is 12.1. The molecule has 1 aromatic rings. The van der Waals surface area contributed by atoms with E-state index < -0.39 is 0 Å². The number of fused-ring (bicyclic) bond motifs is 3. The van der Waals surface area contributed by atoms with E-state index in [-0.39, 0.29) is 17.7 Å². The van der Waals surface area contributed by atoms with Crippen LogP contribution in [0.5, 0.6) is 5.75 Å². The van der Waals surface area contributed by atoms with Gasteiger partial charge in [0.15, 0.2) is 0 Å². The van der Waals surface area contributed by atoms with Crippen LogP contribution in [0.25, 0.3) is 0 Å². The van der Waals surface area contributed by atoms with Crippen molar-refractivity contribution >= 4 is 11.8 Å². The van der Waals surface area contributed by atoms with Crippen LogP contribution in [0, 0.1) is 5.92 Å². The highest BCUT2D eigenvalue weighted by molar-refractivity contribution is 5.79. The predicted molar refractivity (Wildman–Crippen MR) is 119 cm³/mol. The number of rotatable bonds is 1. The highest BCUT2D eigenvalue weighted by Crippen LogP contribution is 2.24. The second-order valence-electron chi connectivity index (χ2n) is 9.09. The Labute approximate surface area is 185 Å². The average Bonchev–Trinajstić information content (AvgIpc) is 2.82. The lowest BCUT2D eigenvalue weighted by Crippen LogP contribution is -2.44. The molecule has 1 aromatic carbocycles. The molecule has 0 spiro atoms. The van der Waals surface area contributed by atoms with Crippen molar-refractivity contribution in [1.82, 2.24) is 9.80 Å². The number of piperidine rings is 1. The zero-order chi connectivity index (χ0) is 21.5. The van der Waals surface area contributed by atoms with Gasteiger partial charge in [-0.1, -0.05) is 12.1 Å². The standard InChI is InChI=1S/C25H36N2O4/c28-24-8-4-13-26(25(29)21-11-16-30-17-12-21)15-18-31-23-7-3-5-20(19-23)9-10-22-6-1-2-14-27(22)24/h3,5,7,19,21-22H,1-2,4,6,8-18H2. The summed E-state index contributed by atoms with van der Waals surface area (Å²) in [4.78, 5) is 30.2. The van der Waals surface area contributed by atoms with Crippen molar-refractivity contribution in [2.45, 2.75) is 63.8 Å². The summed E-state index contributed by atoms with van der Waals surface area (Å²) in [6.45, 7) is 3.83. The number of benzene rings is 1. The van der Waals surface area contributed by atoms with Crippen molar-refractivity contribution in [1.29, 1.82) is 0 Å². The minimum absolute atomic E-state index is 0.0290. The van der Waals surface area contributed by atoms with E-state index in [0.717, 1.165) is 50.8 Å². The Balaban J connectivity index is 1.48. The van der Waals surface area contributed by atoms with Gasteiger partial charge in [0.1, 0.15) is 12.4 Å². The zero-order valence-electron chi connectivity index (χ0n) is 18.6. The monoisotopic (exact) mass is 428 g/mol. The van der Waals surface area contributed by atoms with E-state index in [1.165, 1.54) is 12.0 Å². The summed E-state index contributed by atoms with van der Waals surface area (Å²) in [5.41, 5.74) is 1.25. The largest absolute Gasteiger partial charge is 0.492 e. The van der Waals surface area contributed by atoms with Gasteiger partial charge < -0.3 is 19.3 Å². The van der Waals surface area contributed by atoms with Gasteiger partial charge in [-0.3, -0.25) is 9.59 Å². The molecule has 6 heteroatoms. The Hall–Kier alpha value is -2.08. The summed E-state index contributed by atoms with van der Waals surface area (Å²) >= 11 is 0. The van der Waals surface area contributed by atoms with Gasteiger partial charge in [0, 0.05) is 44.7 Å². The topological polar surface area (TPSA) is 59.1 Å². The van der Waals surface area contributed by atoms with Crippen LogP contribution >= 0.6 is 0 Å².